The average Bonchev–Trinajstić information content (AvgIpc) is 2.19. The lowest BCUT2D eigenvalue weighted by Crippen LogP contribution is -2.41. The largest absolute Gasteiger partial charge is 0.271 e. The molecule has 0 amide bonds. The van der Waals surface area contributed by atoms with Crippen molar-refractivity contribution in [2.24, 2.45) is 5.84 Å². The maximum Gasteiger partial charge on any atom is 0.149 e. The van der Waals surface area contributed by atoms with E-state index >= 15 is 0 Å². The SMILES string of the molecule is CS(=O)(=O)CC(Cc1ccc(Cl)cc1F)NN. The van der Waals surface area contributed by atoms with Crippen LogP contribution >= 0.6 is 11.6 Å². The van der Waals surface area contributed by atoms with Gasteiger partial charge in [-0.3, -0.25) is 11.3 Å². The minimum absolute atomic E-state index is 0.147. The Bertz CT molecular complexity index is 493. The molecule has 1 atom stereocenters. The predicted molar refractivity (Wildman–Crippen MR) is 65.9 cm³/mol. The predicted octanol–water partition coefficient (Wildman–Crippen LogP) is 0.898. The van der Waals surface area contributed by atoms with Crippen molar-refractivity contribution in [2.45, 2.75) is 12.5 Å². The minimum atomic E-state index is -3.17. The molecular weight excluding hydrogens is 267 g/mol. The summed E-state index contributed by atoms with van der Waals surface area (Å²) < 4.78 is 35.7. The van der Waals surface area contributed by atoms with Gasteiger partial charge in [-0.25, -0.2) is 12.8 Å². The van der Waals surface area contributed by atoms with Crippen molar-refractivity contribution < 1.29 is 12.8 Å². The summed E-state index contributed by atoms with van der Waals surface area (Å²) in [5.74, 6) is 4.63. The Labute approximate surface area is 105 Å². The zero-order valence-electron chi connectivity index (χ0n) is 9.28. The van der Waals surface area contributed by atoms with Gasteiger partial charge in [-0.05, 0) is 24.1 Å². The third kappa shape index (κ3) is 4.99. The molecule has 0 spiro atoms. The van der Waals surface area contributed by atoms with Crippen LogP contribution in [0.4, 0.5) is 4.39 Å². The molecule has 3 N–H and O–H groups in total. The second-order valence-electron chi connectivity index (χ2n) is 3.90. The van der Waals surface area contributed by atoms with Gasteiger partial charge in [0.05, 0.1) is 5.75 Å². The summed E-state index contributed by atoms with van der Waals surface area (Å²) in [6.07, 6.45) is 1.29. The molecule has 7 heteroatoms. The van der Waals surface area contributed by atoms with Crippen molar-refractivity contribution in [1.82, 2.24) is 5.43 Å². The first kappa shape index (κ1) is 14.4. The number of hydrazine groups is 1. The van der Waals surface area contributed by atoms with Gasteiger partial charge in [-0.15, -0.1) is 0 Å². The van der Waals surface area contributed by atoms with E-state index < -0.39 is 21.7 Å². The van der Waals surface area contributed by atoms with Gasteiger partial charge >= 0.3 is 0 Å². The number of sulfone groups is 1. The number of hydrogen-bond acceptors (Lipinski definition) is 4. The fraction of sp³-hybridized carbons (Fsp3) is 0.400. The van der Waals surface area contributed by atoms with E-state index in [9.17, 15) is 12.8 Å². The zero-order chi connectivity index (χ0) is 13.1. The first-order valence-corrected chi connectivity index (χ1v) is 7.33. The number of halogens is 2. The monoisotopic (exact) mass is 280 g/mol. The zero-order valence-corrected chi connectivity index (χ0v) is 10.9. The molecule has 0 saturated heterocycles. The highest BCUT2D eigenvalue weighted by Crippen LogP contribution is 2.16. The van der Waals surface area contributed by atoms with E-state index in [2.05, 4.69) is 5.43 Å². The lowest BCUT2D eigenvalue weighted by molar-refractivity contribution is 0.529. The highest BCUT2D eigenvalue weighted by atomic mass is 35.5. The molecule has 1 aromatic carbocycles. The highest BCUT2D eigenvalue weighted by molar-refractivity contribution is 7.90. The van der Waals surface area contributed by atoms with Crippen LogP contribution in [0.5, 0.6) is 0 Å². The summed E-state index contributed by atoms with van der Waals surface area (Å²) >= 11 is 5.62. The lowest BCUT2D eigenvalue weighted by atomic mass is 10.1. The molecule has 0 bridgehead atoms. The van der Waals surface area contributed by atoms with Gasteiger partial charge < -0.3 is 0 Å². The van der Waals surface area contributed by atoms with Crippen LogP contribution in [-0.4, -0.2) is 26.5 Å². The number of nitrogens with two attached hydrogens (primary N) is 1. The van der Waals surface area contributed by atoms with Crippen LogP contribution in [0, 0.1) is 5.82 Å². The molecule has 1 unspecified atom stereocenters. The molecule has 4 nitrogen and oxygen atoms in total. The summed E-state index contributed by atoms with van der Waals surface area (Å²) in [5.41, 5.74) is 2.75. The smallest absolute Gasteiger partial charge is 0.149 e. The van der Waals surface area contributed by atoms with Gasteiger partial charge in [0.25, 0.3) is 0 Å². The lowest BCUT2D eigenvalue weighted by Gasteiger charge is -2.15. The molecule has 0 heterocycles. The van der Waals surface area contributed by atoms with Gasteiger partial charge in [0.2, 0.25) is 0 Å². The van der Waals surface area contributed by atoms with Crippen molar-refractivity contribution in [1.29, 1.82) is 0 Å². The Hall–Kier alpha value is -0.690. The molecule has 0 radical (unpaired) electrons. The first-order valence-electron chi connectivity index (χ1n) is 4.89. The topological polar surface area (TPSA) is 72.2 Å². The van der Waals surface area contributed by atoms with Gasteiger partial charge in [-0.2, -0.15) is 0 Å². The summed E-state index contributed by atoms with van der Waals surface area (Å²) in [6, 6.07) is 3.73. The third-order valence-electron chi connectivity index (χ3n) is 2.22. The number of benzene rings is 1. The molecule has 0 aromatic heterocycles. The molecule has 96 valence electrons. The first-order chi connectivity index (χ1) is 7.81. The fourth-order valence-electron chi connectivity index (χ4n) is 1.48. The van der Waals surface area contributed by atoms with E-state index in [0.29, 0.717) is 10.6 Å². The Morgan fingerprint density at radius 1 is 1.53 bits per heavy atom. The van der Waals surface area contributed by atoms with Crippen molar-refractivity contribution in [2.75, 3.05) is 12.0 Å². The van der Waals surface area contributed by atoms with Crippen LogP contribution < -0.4 is 11.3 Å². The van der Waals surface area contributed by atoms with Crippen LogP contribution in [0.3, 0.4) is 0 Å². The summed E-state index contributed by atoms with van der Waals surface area (Å²) in [5, 5.41) is 0.298. The molecule has 0 aliphatic heterocycles. The second-order valence-corrected chi connectivity index (χ2v) is 6.52. The molecule has 0 aliphatic rings. The van der Waals surface area contributed by atoms with Crippen LogP contribution in [0.2, 0.25) is 5.02 Å². The fourth-order valence-corrected chi connectivity index (χ4v) is 2.59. The quantitative estimate of drug-likeness (QED) is 0.621. The average molecular weight is 281 g/mol. The Balaban J connectivity index is 2.81. The van der Waals surface area contributed by atoms with Gasteiger partial charge in [0.1, 0.15) is 15.7 Å². The van der Waals surface area contributed by atoms with E-state index in [1.165, 1.54) is 12.1 Å². The number of hydrogen-bond donors (Lipinski definition) is 2. The van der Waals surface area contributed by atoms with Crippen LogP contribution in [-0.2, 0) is 16.3 Å². The van der Waals surface area contributed by atoms with Crippen LogP contribution in [0.25, 0.3) is 0 Å². The minimum Gasteiger partial charge on any atom is -0.271 e. The van der Waals surface area contributed by atoms with E-state index in [4.69, 9.17) is 17.4 Å². The van der Waals surface area contributed by atoms with E-state index in [0.717, 1.165) is 6.26 Å². The van der Waals surface area contributed by atoms with E-state index in [1.54, 1.807) is 6.07 Å². The van der Waals surface area contributed by atoms with E-state index in [-0.39, 0.29) is 12.2 Å². The maximum absolute atomic E-state index is 13.5. The molecule has 0 aliphatic carbocycles. The van der Waals surface area contributed by atoms with E-state index in [1.807, 2.05) is 0 Å². The van der Waals surface area contributed by atoms with Crippen molar-refractivity contribution in [3.8, 4) is 0 Å². The van der Waals surface area contributed by atoms with Gasteiger partial charge in [0.15, 0.2) is 0 Å². The summed E-state index contributed by atoms with van der Waals surface area (Å²) in [4.78, 5) is 0. The Morgan fingerprint density at radius 3 is 2.65 bits per heavy atom. The molecule has 1 rings (SSSR count). The number of nitrogens with one attached hydrogen (secondary N) is 1. The molecule has 17 heavy (non-hydrogen) atoms. The van der Waals surface area contributed by atoms with Crippen molar-refractivity contribution >= 4 is 21.4 Å². The molecule has 1 aromatic rings. The Morgan fingerprint density at radius 2 is 2.18 bits per heavy atom. The van der Waals surface area contributed by atoms with Gasteiger partial charge in [-0.1, -0.05) is 17.7 Å². The Kier molecular flexibility index (Phi) is 4.88. The molecular formula is C10H14ClFN2O2S. The number of rotatable bonds is 5. The van der Waals surface area contributed by atoms with Crippen molar-refractivity contribution in [3.63, 3.8) is 0 Å². The summed E-state index contributed by atoms with van der Waals surface area (Å²) in [7, 11) is -3.17. The van der Waals surface area contributed by atoms with Crippen molar-refractivity contribution in [3.05, 3.63) is 34.6 Å². The second kappa shape index (κ2) is 5.77. The maximum atomic E-state index is 13.5. The van der Waals surface area contributed by atoms with Crippen LogP contribution in [0.1, 0.15) is 5.56 Å². The third-order valence-corrected chi connectivity index (χ3v) is 3.46. The summed E-state index contributed by atoms with van der Waals surface area (Å²) in [6.45, 7) is 0. The van der Waals surface area contributed by atoms with Gasteiger partial charge in [0, 0.05) is 17.3 Å². The van der Waals surface area contributed by atoms with Crippen LogP contribution in [0.15, 0.2) is 18.2 Å². The normalized spacial score (nSPS) is 13.6. The molecule has 0 saturated carbocycles. The molecule has 0 fully saturated rings. The standard InChI is InChI=1S/C10H14ClFN2O2S/c1-17(15,16)6-9(14-13)4-7-2-3-8(11)5-10(7)12/h2-3,5,9,14H,4,6,13H2,1H3. The highest BCUT2D eigenvalue weighted by Gasteiger charge is 2.16.